The number of amides is 2. The zero-order valence-corrected chi connectivity index (χ0v) is 17.7. The molecule has 0 saturated heterocycles. The van der Waals surface area contributed by atoms with Crippen molar-refractivity contribution < 1.29 is 14.5 Å². The van der Waals surface area contributed by atoms with Crippen molar-refractivity contribution in [2.24, 2.45) is 5.73 Å². The number of carbonyl (C=O) groups excluding carboxylic acids is 2. The van der Waals surface area contributed by atoms with Crippen molar-refractivity contribution in [1.82, 2.24) is 10.2 Å². The summed E-state index contributed by atoms with van der Waals surface area (Å²) < 4.78 is 0. The predicted octanol–water partition coefficient (Wildman–Crippen LogP) is 2.48. The van der Waals surface area contributed by atoms with Gasteiger partial charge in [-0.15, -0.1) is 0 Å². The lowest BCUT2D eigenvalue weighted by Gasteiger charge is -2.29. The van der Waals surface area contributed by atoms with Crippen molar-refractivity contribution in [2.45, 2.75) is 31.8 Å². The molecule has 10 heteroatoms. The van der Waals surface area contributed by atoms with Crippen molar-refractivity contribution in [1.29, 1.82) is 0 Å². The summed E-state index contributed by atoms with van der Waals surface area (Å²) in [5.41, 5.74) is 14.1. The Bertz CT molecular complexity index is 1020. The Morgan fingerprint density at radius 3 is 2.26 bits per heavy atom. The van der Waals surface area contributed by atoms with E-state index in [1.54, 1.807) is 12.1 Å². The van der Waals surface area contributed by atoms with E-state index in [0.29, 0.717) is 30.0 Å². The topological polar surface area (TPSA) is 145 Å². The van der Waals surface area contributed by atoms with Gasteiger partial charge in [0.25, 0.3) is 11.6 Å². The van der Waals surface area contributed by atoms with Gasteiger partial charge in [0.05, 0.1) is 9.83 Å². The first-order valence-corrected chi connectivity index (χ1v) is 10.4. The Hall–Kier alpha value is -3.53. The highest BCUT2D eigenvalue weighted by atomic mass is 32.2. The fourth-order valence-electron chi connectivity index (χ4n) is 3.30. The number of nitrogens with zero attached hydrogens (tertiary/aromatic N) is 2. The number of non-ortho nitro benzene ring substituents is 1. The van der Waals surface area contributed by atoms with Gasteiger partial charge >= 0.3 is 0 Å². The molecule has 1 aliphatic rings. The third-order valence-electron chi connectivity index (χ3n) is 4.80. The molecule has 0 bridgehead atoms. The highest BCUT2D eigenvalue weighted by molar-refractivity contribution is 8.04. The van der Waals surface area contributed by atoms with Gasteiger partial charge in [0.15, 0.2) is 5.50 Å². The molecule has 9 nitrogen and oxygen atoms in total. The molecule has 0 saturated carbocycles. The van der Waals surface area contributed by atoms with Crippen LogP contribution >= 0.6 is 11.8 Å². The van der Waals surface area contributed by atoms with Crippen LogP contribution in [0.5, 0.6) is 0 Å². The molecule has 0 radical (unpaired) electrons. The molecule has 1 atom stereocenters. The summed E-state index contributed by atoms with van der Waals surface area (Å²) in [4.78, 5) is 36.6. The van der Waals surface area contributed by atoms with Crippen molar-refractivity contribution in [3.8, 4) is 0 Å². The maximum Gasteiger partial charge on any atom is 0.269 e. The summed E-state index contributed by atoms with van der Waals surface area (Å²) in [7, 11) is 0. The number of anilines is 1. The van der Waals surface area contributed by atoms with Gasteiger partial charge in [-0.05, 0) is 36.1 Å². The van der Waals surface area contributed by atoms with Crippen LogP contribution in [-0.2, 0) is 22.6 Å². The summed E-state index contributed by atoms with van der Waals surface area (Å²) >= 11 is 1.20. The smallest absolute Gasteiger partial charge is 0.269 e. The molecule has 0 aromatic heterocycles. The normalized spacial score (nSPS) is 15.8. The first-order valence-electron chi connectivity index (χ1n) is 9.55. The minimum absolute atomic E-state index is 0.00472. The molecule has 3 rings (SSSR count). The number of nitrogens with two attached hydrogens (primary N) is 2. The highest BCUT2D eigenvalue weighted by Gasteiger charge is 2.35. The van der Waals surface area contributed by atoms with Gasteiger partial charge in [0.2, 0.25) is 5.91 Å². The molecule has 0 aliphatic carbocycles. The number of rotatable bonds is 8. The number of nitro groups is 1. The number of primary amides is 1. The first kappa shape index (κ1) is 22.2. The van der Waals surface area contributed by atoms with E-state index in [0.717, 1.165) is 16.8 Å². The molecule has 1 heterocycles. The van der Waals surface area contributed by atoms with E-state index in [-0.39, 0.29) is 11.6 Å². The lowest BCUT2D eigenvalue weighted by Crippen LogP contribution is -2.41. The third kappa shape index (κ3) is 5.54. The van der Waals surface area contributed by atoms with E-state index in [4.69, 9.17) is 11.5 Å². The van der Waals surface area contributed by atoms with E-state index < -0.39 is 16.3 Å². The van der Waals surface area contributed by atoms with E-state index >= 15 is 0 Å². The molecule has 2 aromatic rings. The molecule has 5 N–H and O–H groups in total. The van der Waals surface area contributed by atoms with Crippen LogP contribution in [0.3, 0.4) is 0 Å². The number of hydrogen-bond donors (Lipinski definition) is 3. The molecule has 31 heavy (non-hydrogen) atoms. The average Bonchev–Trinajstić information content (AvgIpc) is 3.05. The van der Waals surface area contributed by atoms with E-state index in [1.165, 1.54) is 30.8 Å². The molecular formula is C21H23N5O4S. The van der Waals surface area contributed by atoms with E-state index in [9.17, 15) is 19.7 Å². The zero-order valence-electron chi connectivity index (χ0n) is 16.9. The summed E-state index contributed by atoms with van der Waals surface area (Å²) in [6, 6.07) is 13.7. The number of allylic oxidation sites excluding steroid dienone is 1. The zero-order chi connectivity index (χ0) is 22.5. The molecule has 0 fully saturated rings. The van der Waals surface area contributed by atoms with E-state index in [2.05, 4.69) is 5.32 Å². The molecule has 1 aliphatic heterocycles. The number of aryl methyl sites for hydroxylation is 1. The SMILES string of the molecule is CC(=O)NC1SC(C(N)=O)=C(CCc2ccc(N)cc2)N1Cc1ccc([N+](=O)[O-])cc1. The van der Waals surface area contributed by atoms with Crippen LogP contribution in [0.4, 0.5) is 11.4 Å². The molecule has 2 amide bonds. The van der Waals surface area contributed by atoms with Gasteiger partial charge < -0.3 is 21.7 Å². The van der Waals surface area contributed by atoms with Gasteiger partial charge in [0, 0.05) is 37.0 Å². The summed E-state index contributed by atoms with van der Waals surface area (Å²) in [6.07, 6.45) is 1.18. The lowest BCUT2D eigenvalue weighted by molar-refractivity contribution is -0.384. The maximum atomic E-state index is 12.1. The minimum Gasteiger partial charge on any atom is -0.399 e. The Morgan fingerprint density at radius 2 is 1.71 bits per heavy atom. The van der Waals surface area contributed by atoms with Crippen molar-refractivity contribution >= 4 is 35.0 Å². The van der Waals surface area contributed by atoms with Gasteiger partial charge in [-0.25, -0.2) is 0 Å². The quantitative estimate of drug-likeness (QED) is 0.324. The van der Waals surface area contributed by atoms with Crippen LogP contribution in [-0.4, -0.2) is 27.1 Å². The average molecular weight is 442 g/mol. The van der Waals surface area contributed by atoms with Gasteiger partial charge in [-0.3, -0.25) is 19.7 Å². The van der Waals surface area contributed by atoms with Gasteiger partial charge in [-0.2, -0.15) is 0 Å². The predicted molar refractivity (Wildman–Crippen MR) is 119 cm³/mol. The number of carbonyl (C=O) groups is 2. The van der Waals surface area contributed by atoms with Crippen LogP contribution in [0, 0.1) is 10.1 Å². The Kier molecular flexibility index (Phi) is 6.81. The Labute approximate surface area is 183 Å². The second kappa shape index (κ2) is 9.52. The molecule has 2 aromatic carbocycles. The summed E-state index contributed by atoms with van der Waals surface area (Å²) in [5, 5.41) is 13.8. The van der Waals surface area contributed by atoms with Gasteiger partial charge in [0.1, 0.15) is 0 Å². The minimum atomic E-state index is -0.557. The van der Waals surface area contributed by atoms with Crippen molar-refractivity contribution in [2.75, 3.05) is 5.73 Å². The Morgan fingerprint density at radius 1 is 1.10 bits per heavy atom. The molecule has 0 spiro atoms. The van der Waals surface area contributed by atoms with Crippen molar-refractivity contribution in [3.63, 3.8) is 0 Å². The number of thioether (sulfide) groups is 1. The fraction of sp³-hybridized carbons (Fsp3) is 0.238. The molecule has 1 unspecified atom stereocenters. The monoisotopic (exact) mass is 441 g/mol. The first-order chi connectivity index (χ1) is 14.7. The standard InChI is InChI=1S/C21H23N5O4S/c1-13(27)24-21-25(12-15-4-9-17(10-5-15)26(29)30)18(19(31-21)20(23)28)11-6-14-2-7-16(22)8-3-14/h2-5,7-10,21H,6,11-12,22H2,1H3,(H2,23,28)(H,24,27). The van der Waals surface area contributed by atoms with Crippen molar-refractivity contribution in [3.05, 3.63) is 80.4 Å². The number of hydrogen-bond acceptors (Lipinski definition) is 7. The maximum absolute atomic E-state index is 12.1. The fourth-order valence-corrected chi connectivity index (χ4v) is 4.55. The second-order valence-electron chi connectivity index (χ2n) is 7.10. The third-order valence-corrected chi connectivity index (χ3v) is 6.07. The number of nitrogen functional groups attached to an aromatic ring is 1. The number of benzene rings is 2. The van der Waals surface area contributed by atoms with Crippen LogP contribution in [0.2, 0.25) is 0 Å². The molecular weight excluding hydrogens is 418 g/mol. The molecule has 162 valence electrons. The van der Waals surface area contributed by atoms with Crippen LogP contribution < -0.4 is 16.8 Å². The summed E-state index contributed by atoms with van der Waals surface area (Å²) in [6.45, 7) is 1.75. The van der Waals surface area contributed by atoms with Crippen LogP contribution in [0.15, 0.2) is 59.1 Å². The second-order valence-corrected chi connectivity index (χ2v) is 8.19. The number of nitro benzene ring substituents is 1. The Balaban J connectivity index is 1.87. The number of nitrogens with one attached hydrogen (secondary N) is 1. The van der Waals surface area contributed by atoms with Gasteiger partial charge in [-0.1, -0.05) is 36.0 Å². The summed E-state index contributed by atoms with van der Waals surface area (Å²) in [5.74, 6) is -0.798. The van der Waals surface area contributed by atoms with Crippen LogP contribution in [0.1, 0.15) is 24.5 Å². The lowest BCUT2D eigenvalue weighted by atomic mass is 10.1. The van der Waals surface area contributed by atoms with E-state index in [1.807, 2.05) is 29.2 Å². The largest absolute Gasteiger partial charge is 0.399 e. The highest BCUT2D eigenvalue weighted by Crippen LogP contribution is 2.40. The van der Waals surface area contributed by atoms with Crippen LogP contribution in [0.25, 0.3) is 0 Å².